The highest BCUT2D eigenvalue weighted by molar-refractivity contribution is 5.89. The molecule has 0 saturated carbocycles. The van der Waals surface area contributed by atoms with Crippen LogP contribution < -0.4 is 4.74 Å². The summed E-state index contributed by atoms with van der Waals surface area (Å²) in [6.45, 7) is 1.53. The van der Waals surface area contributed by atoms with Crippen molar-refractivity contribution in [3.63, 3.8) is 0 Å². The lowest BCUT2D eigenvalue weighted by molar-refractivity contribution is -0.135. The van der Waals surface area contributed by atoms with Gasteiger partial charge in [0.2, 0.25) is 18.0 Å². The van der Waals surface area contributed by atoms with Gasteiger partial charge in [0.15, 0.2) is 6.61 Å². The first-order chi connectivity index (χ1) is 13.1. The van der Waals surface area contributed by atoms with Crippen molar-refractivity contribution in [2.75, 3.05) is 6.61 Å². The second-order valence-corrected chi connectivity index (χ2v) is 6.19. The first-order valence-corrected chi connectivity index (χ1v) is 8.55. The average Bonchev–Trinajstić information content (AvgIpc) is 3.11. The Kier molecular flexibility index (Phi) is 4.38. The van der Waals surface area contributed by atoms with Crippen LogP contribution in [0.4, 0.5) is 0 Å². The van der Waals surface area contributed by atoms with Crippen LogP contribution >= 0.6 is 0 Å². The standard InChI is InChI=1S/C21H18N2O4/c1-14(24)23-21(16-9-11-17(25)12-10-16)27-20(22-23)13-26-19-8-4-6-15-5-2-3-7-18(15)19/h2-12,21,25H,13H2,1H3. The molecule has 0 aliphatic carbocycles. The summed E-state index contributed by atoms with van der Waals surface area (Å²) in [7, 11) is 0. The number of hydrazone groups is 1. The van der Waals surface area contributed by atoms with Gasteiger partial charge in [-0.25, -0.2) is 0 Å². The number of carbonyl (C=O) groups excluding carboxylic acids is 1. The van der Waals surface area contributed by atoms with E-state index >= 15 is 0 Å². The van der Waals surface area contributed by atoms with Crippen LogP contribution in [0.1, 0.15) is 18.7 Å². The molecule has 1 atom stereocenters. The normalized spacial score (nSPS) is 16.1. The van der Waals surface area contributed by atoms with E-state index < -0.39 is 6.23 Å². The fourth-order valence-electron chi connectivity index (χ4n) is 2.98. The van der Waals surface area contributed by atoms with Crippen LogP contribution in [-0.2, 0) is 9.53 Å². The number of phenolic OH excluding ortho intramolecular Hbond substituents is 1. The second kappa shape index (κ2) is 6.99. The molecule has 1 amide bonds. The number of benzene rings is 3. The molecule has 3 aromatic rings. The number of phenols is 1. The summed E-state index contributed by atoms with van der Waals surface area (Å²) in [6.07, 6.45) is -0.672. The van der Waals surface area contributed by atoms with Crippen molar-refractivity contribution in [3.05, 3.63) is 72.3 Å². The van der Waals surface area contributed by atoms with Crippen molar-refractivity contribution in [1.29, 1.82) is 0 Å². The zero-order valence-corrected chi connectivity index (χ0v) is 14.7. The molecule has 6 heteroatoms. The Hall–Kier alpha value is -3.54. The van der Waals surface area contributed by atoms with Crippen molar-refractivity contribution < 1.29 is 19.4 Å². The molecule has 0 aromatic heterocycles. The Balaban J connectivity index is 1.53. The molecule has 0 fully saturated rings. The van der Waals surface area contributed by atoms with Gasteiger partial charge in [0.1, 0.15) is 11.5 Å². The maximum absolute atomic E-state index is 11.9. The Labute approximate surface area is 156 Å². The number of hydrogen-bond donors (Lipinski definition) is 1. The Bertz CT molecular complexity index is 1010. The molecule has 4 rings (SSSR count). The van der Waals surface area contributed by atoms with Crippen LogP contribution in [0.2, 0.25) is 0 Å². The van der Waals surface area contributed by atoms with Crippen LogP contribution in [-0.4, -0.2) is 28.5 Å². The van der Waals surface area contributed by atoms with E-state index in [2.05, 4.69) is 5.10 Å². The fourth-order valence-corrected chi connectivity index (χ4v) is 2.98. The van der Waals surface area contributed by atoms with Gasteiger partial charge in [-0.3, -0.25) is 4.79 Å². The molecular weight excluding hydrogens is 344 g/mol. The lowest BCUT2D eigenvalue weighted by Crippen LogP contribution is -2.25. The number of fused-ring (bicyclic) bond motifs is 1. The molecule has 136 valence electrons. The largest absolute Gasteiger partial charge is 0.508 e. The molecule has 0 bridgehead atoms. The van der Waals surface area contributed by atoms with Crippen LogP contribution in [0, 0.1) is 0 Å². The highest BCUT2D eigenvalue weighted by Crippen LogP contribution is 2.30. The number of nitrogens with zero attached hydrogens (tertiary/aromatic N) is 2. The number of rotatable bonds is 4. The summed E-state index contributed by atoms with van der Waals surface area (Å²) in [5.41, 5.74) is 0.715. The molecule has 1 aliphatic rings. The van der Waals surface area contributed by atoms with E-state index in [4.69, 9.17) is 9.47 Å². The highest BCUT2D eigenvalue weighted by atomic mass is 16.6. The fraction of sp³-hybridized carbons (Fsp3) is 0.143. The lowest BCUT2D eigenvalue weighted by Gasteiger charge is -2.19. The van der Waals surface area contributed by atoms with E-state index in [-0.39, 0.29) is 18.3 Å². The third kappa shape index (κ3) is 3.42. The minimum atomic E-state index is -0.672. The first-order valence-electron chi connectivity index (χ1n) is 8.55. The summed E-state index contributed by atoms with van der Waals surface area (Å²) in [6, 6.07) is 20.2. The van der Waals surface area contributed by atoms with Crippen LogP contribution in [0.15, 0.2) is 71.8 Å². The molecule has 0 saturated heterocycles. The van der Waals surface area contributed by atoms with E-state index in [9.17, 15) is 9.90 Å². The number of hydrogen-bond acceptors (Lipinski definition) is 5. The Morgan fingerprint density at radius 3 is 2.63 bits per heavy atom. The zero-order valence-electron chi connectivity index (χ0n) is 14.7. The third-order valence-corrected chi connectivity index (χ3v) is 4.29. The van der Waals surface area contributed by atoms with E-state index in [1.807, 2.05) is 42.5 Å². The molecule has 1 heterocycles. The summed E-state index contributed by atoms with van der Waals surface area (Å²) < 4.78 is 11.7. The molecule has 0 spiro atoms. The molecule has 1 aliphatic heterocycles. The van der Waals surface area contributed by atoms with Crippen molar-refractivity contribution in [3.8, 4) is 11.5 Å². The Morgan fingerprint density at radius 2 is 1.85 bits per heavy atom. The minimum Gasteiger partial charge on any atom is -0.508 e. The lowest BCUT2D eigenvalue weighted by atomic mass is 10.1. The molecule has 27 heavy (non-hydrogen) atoms. The SMILES string of the molecule is CC(=O)N1N=C(COc2cccc3ccccc23)OC1c1ccc(O)cc1. The molecular formula is C21H18N2O4. The maximum atomic E-state index is 11.9. The summed E-state index contributed by atoms with van der Waals surface area (Å²) in [4.78, 5) is 11.9. The van der Waals surface area contributed by atoms with Gasteiger partial charge >= 0.3 is 0 Å². The van der Waals surface area contributed by atoms with Crippen LogP contribution in [0.5, 0.6) is 11.5 Å². The first kappa shape index (κ1) is 16.9. The maximum Gasteiger partial charge on any atom is 0.247 e. The minimum absolute atomic E-state index is 0.104. The smallest absolute Gasteiger partial charge is 0.247 e. The Morgan fingerprint density at radius 1 is 1.11 bits per heavy atom. The van der Waals surface area contributed by atoms with E-state index in [0.29, 0.717) is 11.5 Å². The number of ether oxygens (including phenoxy) is 2. The molecule has 3 aromatic carbocycles. The van der Waals surface area contributed by atoms with E-state index in [1.54, 1.807) is 24.3 Å². The van der Waals surface area contributed by atoms with Gasteiger partial charge in [0.05, 0.1) is 0 Å². The van der Waals surface area contributed by atoms with Crippen molar-refractivity contribution in [1.82, 2.24) is 5.01 Å². The van der Waals surface area contributed by atoms with Gasteiger partial charge in [-0.05, 0) is 35.7 Å². The van der Waals surface area contributed by atoms with Gasteiger partial charge in [-0.15, -0.1) is 5.10 Å². The topological polar surface area (TPSA) is 71.4 Å². The van der Waals surface area contributed by atoms with Gasteiger partial charge in [0, 0.05) is 17.9 Å². The number of carbonyl (C=O) groups is 1. The molecule has 0 radical (unpaired) electrons. The van der Waals surface area contributed by atoms with E-state index in [1.165, 1.54) is 11.9 Å². The summed E-state index contributed by atoms with van der Waals surface area (Å²) in [5, 5.41) is 17.1. The third-order valence-electron chi connectivity index (χ3n) is 4.29. The predicted octanol–water partition coefficient (Wildman–Crippen LogP) is 3.82. The highest BCUT2D eigenvalue weighted by Gasteiger charge is 2.32. The van der Waals surface area contributed by atoms with Crippen molar-refractivity contribution in [2.45, 2.75) is 13.2 Å². The van der Waals surface area contributed by atoms with E-state index in [0.717, 1.165) is 16.5 Å². The molecule has 1 N–H and O–H groups in total. The quantitative estimate of drug-likeness (QED) is 0.766. The summed E-state index contributed by atoms with van der Waals surface area (Å²) in [5.74, 6) is 0.942. The van der Waals surface area contributed by atoms with Crippen LogP contribution in [0.3, 0.4) is 0 Å². The zero-order chi connectivity index (χ0) is 18.8. The van der Waals surface area contributed by atoms with Crippen molar-refractivity contribution >= 4 is 22.6 Å². The predicted molar refractivity (Wildman–Crippen MR) is 101 cm³/mol. The van der Waals surface area contributed by atoms with Crippen molar-refractivity contribution in [2.24, 2.45) is 5.10 Å². The second-order valence-electron chi connectivity index (χ2n) is 6.19. The molecule has 6 nitrogen and oxygen atoms in total. The monoisotopic (exact) mass is 362 g/mol. The summed E-state index contributed by atoms with van der Waals surface area (Å²) >= 11 is 0. The number of aromatic hydroxyl groups is 1. The van der Waals surface area contributed by atoms with Gasteiger partial charge < -0.3 is 14.6 Å². The average molecular weight is 362 g/mol. The molecule has 1 unspecified atom stereocenters. The van der Waals surface area contributed by atoms with Gasteiger partial charge in [-0.2, -0.15) is 5.01 Å². The number of amides is 1. The van der Waals surface area contributed by atoms with Gasteiger partial charge in [-0.1, -0.05) is 36.4 Å². The van der Waals surface area contributed by atoms with Gasteiger partial charge in [0.25, 0.3) is 0 Å². The van der Waals surface area contributed by atoms with Crippen LogP contribution in [0.25, 0.3) is 10.8 Å².